The average molecular weight is 352 g/mol. The lowest BCUT2D eigenvalue weighted by Gasteiger charge is -2.27. The first-order valence-electron chi connectivity index (χ1n) is 6.09. The van der Waals surface area contributed by atoms with E-state index >= 15 is 0 Å². The van der Waals surface area contributed by atoms with Gasteiger partial charge in [-0.2, -0.15) is 13.2 Å². The molecule has 0 saturated carbocycles. The molecule has 1 aromatic rings. The summed E-state index contributed by atoms with van der Waals surface area (Å²) in [6.07, 6.45) is -3.87. The Labute approximate surface area is 122 Å². The van der Waals surface area contributed by atoms with Crippen LogP contribution in [0.5, 0.6) is 0 Å². The lowest BCUT2D eigenvalue weighted by atomic mass is 10.2. The zero-order valence-electron chi connectivity index (χ0n) is 10.7. The van der Waals surface area contributed by atoms with E-state index < -0.39 is 17.9 Å². The number of alkyl halides is 3. The molecule has 0 bridgehead atoms. The van der Waals surface area contributed by atoms with Crippen LogP contribution in [-0.2, 0) is 11.0 Å². The van der Waals surface area contributed by atoms with Crippen molar-refractivity contribution in [3.63, 3.8) is 0 Å². The van der Waals surface area contributed by atoms with Crippen molar-refractivity contribution < 1.29 is 18.0 Å². The first-order chi connectivity index (χ1) is 9.30. The number of rotatable bonds is 1. The number of carbonyl (C=O) groups is 1. The topological polar surface area (TPSA) is 45.2 Å². The summed E-state index contributed by atoms with van der Waals surface area (Å²) in [4.78, 5) is 17.0. The van der Waals surface area contributed by atoms with E-state index in [1.807, 2.05) is 0 Å². The van der Waals surface area contributed by atoms with Crippen LogP contribution in [0.1, 0.15) is 19.0 Å². The molecule has 20 heavy (non-hydrogen) atoms. The number of pyridine rings is 1. The summed E-state index contributed by atoms with van der Waals surface area (Å²) < 4.78 is 38.5. The molecule has 2 heterocycles. The maximum absolute atomic E-state index is 12.9. The zero-order valence-corrected chi connectivity index (χ0v) is 12.3. The Kier molecular flexibility index (Phi) is 4.22. The van der Waals surface area contributed by atoms with Gasteiger partial charge in [-0.1, -0.05) is 0 Å². The Balaban J connectivity index is 2.39. The minimum absolute atomic E-state index is 0.110. The zero-order chi connectivity index (χ0) is 14.9. The van der Waals surface area contributed by atoms with Gasteiger partial charge in [0.05, 0.1) is 0 Å². The lowest BCUT2D eigenvalue weighted by Crippen LogP contribution is -2.42. The van der Waals surface area contributed by atoms with Gasteiger partial charge in [0.25, 0.3) is 0 Å². The molecule has 1 unspecified atom stereocenters. The summed E-state index contributed by atoms with van der Waals surface area (Å²) in [5.74, 6) is -0.0501. The molecule has 2 rings (SSSR count). The number of nitrogens with one attached hydrogen (secondary N) is 1. The van der Waals surface area contributed by atoms with Crippen molar-refractivity contribution in [2.45, 2.75) is 25.6 Å². The molecule has 1 N–H and O–H groups in total. The summed E-state index contributed by atoms with van der Waals surface area (Å²) in [6, 6.07) is 2.24. The summed E-state index contributed by atoms with van der Waals surface area (Å²) in [6.45, 7) is 2.64. The molecule has 1 atom stereocenters. The Morgan fingerprint density at radius 2 is 2.15 bits per heavy atom. The van der Waals surface area contributed by atoms with Gasteiger partial charge in [-0.05, 0) is 41.4 Å². The molecule has 8 heteroatoms. The van der Waals surface area contributed by atoms with Gasteiger partial charge in [-0.15, -0.1) is 0 Å². The van der Waals surface area contributed by atoms with Gasteiger partial charge in [0.2, 0.25) is 5.91 Å². The van der Waals surface area contributed by atoms with Crippen LogP contribution in [0.25, 0.3) is 0 Å². The number of anilines is 1. The number of hydrogen-bond donors (Lipinski definition) is 1. The monoisotopic (exact) mass is 351 g/mol. The van der Waals surface area contributed by atoms with E-state index in [0.29, 0.717) is 19.5 Å². The van der Waals surface area contributed by atoms with E-state index in [2.05, 4.69) is 26.2 Å². The van der Waals surface area contributed by atoms with Crippen LogP contribution in [0.15, 0.2) is 16.6 Å². The van der Waals surface area contributed by atoms with Crippen LogP contribution >= 0.6 is 15.9 Å². The van der Waals surface area contributed by atoms with Gasteiger partial charge >= 0.3 is 6.18 Å². The SMILES string of the molecule is CC1C(=O)NCCCN1c1ccc(Br)c(C(F)(F)F)n1. The molecular formula is C12H13BrF3N3O. The van der Waals surface area contributed by atoms with Crippen LogP contribution in [0, 0.1) is 0 Å². The normalized spacial score (nSPS) is 20.6. The first kappa shape index (κ1) is 15.1. The summed E-state index contributed by atoms with van der Waals surface area (Å²) >= 11 is 2.85. The van der Waals surface area contributed by atoms with E-state index in [-0.39, 0.29) is 16.2 Å². The molecule has 1 amide bonds. The third-order valence-electron chi connectivity index (χ3n) is 3.12. The van der Waals surface area contributed by atoms with Crippen LogP contribution < -0.4 is 10.2 Å². The Morgan fingerprint density at radius 1 is 1.45 bits per heavy atom. The van der Waals surface area contributed by atoms with Crippen molar-refractivity contribution in [1.29, 1.82) is 0 Å². The predicted octanol–water partition coefficient (Wildman–Crippen LogP) is 2.58. The highest BCUT2D eigenvalue weighted by molar-refractivity contribution is 9.10. The maximum Gasteiger partial charge on any atom is 0.434 e. The van der Waals surface area contributed by atoms with Crippen molar-refractivity contribution in [1.82, 2.24) is 10.3 Å². The van der Waals surface area contributed by atoms with Gasteiger partial charge in [0, 0.05) is 17.6 Å². The Hall–Kier alpha value is -1.31. The molecule has 1 fully saturated rings. The second-order valence-corrected chi connectivity index (χ2v) is 5.37. The largest absolute Gasteiger partial charge is 0.434 e. The predicted molar refractivity (Wildman–Crippen MR) is 71.4 cm³/mol. The summed E-state index contributed by atoms with van der Waals surface area (Å²) in [5, 5.41) is 2.71. The van der Waals surface area contributed by atoms with E-state index in [1.165, 1.54) is 12.1 Å². The maximum atomic E-state index is 12.9. The molecule has 4 nitrogen and oxygen atoms in total. The number of carbonyl (C=O) groups excluding carboxylic acids is 1. The van der Waals surface area contributed by atoms with E-state index in [0.717, 1.165) is 0 Å². The highest BCUT2D eigenvalue weighted by Gasteiger charge is 2.36. The highest BCUT2D eigenvalue weighted by atomic mass is 79.9. The molecule has 0 aromatic carbocycles. The molecule has 1 saturated heterocycles. The minimum atomic E-state index is -4.54. The summed E-state index contributed by atoms with van der Waals surface area (Å²) in [7, 11) is 0. The van der Waals surface area contributed by atoms with Crippen LogP contribution in [-0.4, -0.2) is 30.0 Å². The fourth-order valence-electron chi connectivity index (χ4n) is 2.05. The molecular weight excluding hydrogens is 339 g/mol. The van der Waals surface area contributed by atoms with Gasteiger partial charge in [-0.3, -0.25) is 4.79 Å². The average Bonchev–Trinajstić information content (AvgIpc) is 2.52. The summed E-state index contributed by atoms with van der Waals surface area (Å²) in [5.41, 5.74) is -0.980. The number of halogens is 4. The Bertz CT molecular complexity index is 521. The van der Waals surface area contributed by atoms with Crippen molar-refractivity contribution in [2.75, 3.05) is 18.0 Å². The van der Waals surface area contributed by atoms with Crippen LogP contribution in [0.4, 0.5) is 19.0 Å². The quantitative estimate of drug-likeness (QED) is 0.845. The van der Waals surface area contributed by atoms with Crippen molar-refractivity contribution in [3.05, 3.63) is 22.3 Å². The number of aromatic nitrogens is 1. The van der Waals surface area contributed by atoms with Crippen LogP contribution in [0.3, 0.4) is 0 Å². The second-order valence-electron chi connectivity index (χ2n) is 4.51. The molecule has 1 aromatic heterocycles. The molecule has 110 valence electrons. The van der Waals surface area contributed by atoms with Crippen molar-refractivity contribution in [2.24, 2.45) is 0 Å². The molecule has 1 aliphatic heterocycles. The van der Waals surface area contributed by atoms with Gasteiger partial charge in [-0.25, -0.2) is 4.98 Å². The highest BCUT2D eigenvalue weighted by Crippen LogP contribution is 2.35. The molecule has 0 radical (unpaired) electrons. The van der Waals surface area contributed by atoms with Gasteiger partial charge in [0.1, 0.15) is 11.9 Å². The fraction of sp³-hybridized carbons (Fsp3) is 0.500. The molecule has 0 aliphatic carbocycles. The number of hydrogen-bond acceptors (Lipinski definition) is 3. The second kappa shape index (κ2) is 5.59. The van der Waals surface area contributed by atoms with E-state index in [1.54, 1.807) is 11.8 Å². The van der Waals surface area contributed by atoms with E-state index in [9.17, 15) is 18.0 Å². The van der Waals surface area contributed by atoms with Gasteiger partial charge in [0.15, 0.2) is 5.69 Å². The molecule has 1 aliphatic rings. The number of nitrogens with zero attached hydrogens (tertiary/aromatic N) is 2. The fourth-order valence-corrected chi connectivity index (χ4v) is 2.49. The lowest BCUT2D eigenvalue weighted by molar-refractivity contribution is -0.141. The standard InChI is InChI=1S/C12H13BrF3N3O/c1-7-11(20)17-5-2-6-19(7)9-4-3-8(13)10(18-9)12(14,15)16/h3-4,7H,2,5-6H2,1H3,(H,17,20). The van der Waals surface area contributed by atoms with Gasteiger partial charge < -0.3 is 10.2 Å². The van der Waals surface area contributed by atoms with E-state index in [4.69, 9.17) is 0 Å². The van der Waals surface area contributed by atoms with Crippen molar-refractivity contribution >= 4 is 27.7 Å². The smallest absolute Gasteiger partial charge is 0.354 e. The third-order valence-corrected chi connectivity index (χ3v) is 3.76. The van der Waals surface area contributed by atoms with Crippen LogP contribution in [0.2, 0.25) is 0 Å². The third kappa shape index (κ3) is 3.05. The molecule has 0 spiro atoms. The Morgan fingerprint density at radius 3 is 2.80 bits per heavy atom. The van der Waals surface area contributed by atoms with Crippen molar-refractivity contribution in [3.8, 4) is 0 Å². The first-order valence-corrected chi connectivity index (χ1v) is 6.88. The minimum Gasteiger partial charge on any atom is -0.354 e. The number of amides is 1.